The monoisotopic (exact) mass is 293 g/mol. The van der Waals surface area contributed by atoms with Crippen molar-refractivity contribution in [2.24, 2.45) is 0 Å². The SMILES string of the molecule is CC(C)c1ccc2c(c1)CN(C(=O)Cc1ccccc1)CC2. The summed E-state index contributed by atoms with van der Waals surface area (Å²) < 4.78 is 0. The maximum atomic E-state index is 12.5. The number of hydrogen-bond acceptors (Lipinski definition) is 1. The van der Waals surface area contributed by atoms with E-state index in [0.717, 1.165) is 25.1 Å². The lowest BCUT2D eigenvalue weighted by molar-refractivity contribution is -0.131. The Morgan fingerprint density at radius 1 is 1.09 bits per heavy atom. The molecule has 0 unspecified atom stereocenters. The van der Waals surface area contributed by atoms with Crippen LogP contribution in [0.1, 0.15) is 42.0 Å². The summed E-state index contributed by atoms with van der Waals surface area (Å²) >= 11 is 0. The molecule has 2 nitrogen and oxygen atoms in total. The topological polar surface area (TPSA) is 20.3 Å². The van der Waals surface area contributed by atoms with E-state index in [1.165, 1.54) is 16.7 Å². The molecule has 1 amide bonds. The standard InChI is InChI=1S/C20H23NO/c1-15(2)18-9-8-17-10-11-21(14-19(17)13-18)20(22)12-16-6-4-3-5-7-16/h3-9,13,15H,10-12,14H2,1-2H3. The molecule has 0 saturated carbocycles. The Balaban J connectivity index is 1.73. The van der Waals surface area contributed by atoms with Crippen LogP contribution in [0.2, 0.25) is 0 Å². The zero-order chi connectivity index (χ0) is 15.5. The smallest absolute Gasteiger partial charge is 0.227 e. The third kappa shape index (κ3) is 3.22. The van der Waals surface area contributed by atoms with Gasteiger partial charge in [0.25, 0.3) is 0 Å². The number of carbonyl (C=O) groups is 1. The van der Waals surface area contributed by atoms with Crippen LogP contribution in [0.4, 0.5) is 0 Å². The minimum Gasteiger partial charge on any atom is -0.338 e. The van der Waals surface area contributed by atoms with Gasteiger partial charge in [-0.2, -0.15) is 0 Å². The Morgan fingerprint density at radius 3 is 2.59 bits per heavy atom. The predicted octanol–water partition coefficient (Wildman–Crippen LogP) is 3.94. The molecule has 0 fully saturated rings. The minimum absolute atomic E-state index is 0.229. The zero-order valence-electron chi connectivity index (χ0n) is 13.4. The summed E-state index contributed by atoms with van der Waals surface area (Å²) in [6, 6.07) is 16.8. The minimum atomic E-state index is 0.229. The molecule has 1 heterocycles. The van der Waals surface area contributed by atoms with Crippen LogP contribution in [0.25, 0.3) is 0 Å². The summed E-state index contributed by atoms with van der Waals surface area (Å²) in [5, 5.41) is 0. The molecule has 0 bridgehead atoms. The highest BCUT2D eigenvalue weighted by Gasteiger charge is 2.21. The highest BCUT2D eigenvalue weighted by atomic mass is 16.2. The van der Waals surface area contributed by atoms with E-state index in [1.807, 2.05) is 35.2 Å². The van der Waals surface area contributed by atoms with Gasteiger partial charge in [0.2, 0.25) is 5.91 Å². The zero-order valence-corrected chi connectivity index (χ0v) is 13.4. The summed E-state index contributed by atoms with van der Waals surface area (Å²) in [5.74, 6) is 0.757. The van der Waals surface area contributed by atoms with E-state index in [1.54, 1.807) is 0 Å². The molecule has 0 saturated heterocycles. The number of rotatable bonds is 3. The van der Waals surface area contributed by atoms with Crippen molar-refractivity contribution in [1.29, 1.82) is 0 Å². The molecule has 3 rings (SSSR count). The molecule has 0 atom stereocenters. The van der Waals surface area contributed by atoms with Gasteiger partial charge >= 0.3 is 0 Å². The second-order valence-corrected chi connectivity index (χ2v) is 6.41. The average molecular weight is 293 g/mol. The van der Waals surface area contributed by atoms with Crippen LogP contribution < -0.4 is 0 Å². The van der Waals surface area contributed by atoms with Gasteiger partial charge < -0.3 is 4.90 Å². The molecule has 0 spiro atoms. The normalized spacial score (nSPS) is 14.0. The molecule has 1 aliphatic rings. The fourth-order valence-corrected chi connectivity index (χ4v) is 3.03. The Labute approximate surface area is 132 Å². The molecule has 0 N–H and O–H groups in total. The van der Waals surface area contributed by atoms with Gasteiger partial charge in [0.1, 0.15) is 0 Å². The Morgan fingerprint density at radius 2 is 1.86 bits per heavy atom. The van der Waals surface area contributed by atoms with E-state index in [-0.39, 0.29) is 5.91 Å². The number of hydrogen-bond donors (Lipinski definition) is 0. The van der Waals surface area contributed by atoms with Gasteiger partial charge in [0, 0.05) is 13.1 Å². The van der Waals surface area contributed by atoms with E-state index in [2.05, 4.69) is 32.0 Å². The van der Waals surface area contributed by atoms with Crippen molar-refractivity contribution >= 4 is 5.91 Å². The summed E-state index contributed by atoms with van der Waals surface area (Å²) in [5.41, 5.74) is 5.16. The molecule has 0 radical (unpaired) electrons. The third-order valence-corrected chi connectivity index (χ3v) is 4.46. The second kappa shape index (κ2) is 6.35. The Kier molecular flexibility index (Phi) is 4.28. The van der Waals surface area contributed by atoms with Crippen LogP contribution >= 0.6 is 0 Å². The number of benzene rings is 2. The first kappa shape index (κ1) is 14.8. The van der Waals surface area contributed by atoms with Crippen LogP contribution in [0.5, 0.6) is 0 Å². The molecule has 0 aliphatic carbocycles. The highest BCUT2D eigenvalue weighted by Crippen LogP contribution is 2.24. The van der Waals surface area contributed by atoms with Crippen LogP contribution in [-0.4, -0.2) is 17.4 Å². The maximum Gasteiger partial charge on any atom is 0.227 e. The van der Waals surface area contributed by atoms with Crippen molar-refractivity contribution in [3.05, 3.63) is 70.8 Å². The predicted molar refractivity (Wildman–Crippen MR) is 89.8 cm³/mol. The van der Waals surface area contributed by atoms with E-state index >= 15 is 0 Å². The van der Waals surface area contributed by atoms with Gasteiger partial charge in [-0.15, -0.1) is 0 Å². The van der Waals surface area contributed by atoms with Gasteiger partial charge in [-0.1, -0.05) is 62.4 Å². The van der Waals surface area contributed by atoms with E-state index in [9.17, 15) is 4.79 Å². The van der Waals surface area contributed by atoms with Crippen molar-refractivity contribution in [3.8, 4) is 0 Å². The van der Waals surface area contributed by atoms with Gasteiger partial charge in [0.05, 0.1) is 6.42 Å². The Hall–Kier alpha value is -2.09. The number of carbonyl (C=O) groups excluding carboxylic acids is 1. The lowest BCUT2D eigenvalue weighted by Crippen LogP contribution is -2.37. The third-order valence-electron chi connectivity index (χ3n) is 4.46. The molecule has 2 heteroatoms. The van der Waals surface area contributed by atoms with E-state index in [0.29, 0.717) is 12.3 Å². The quantitative estimate of drug-likeness (QED) is 0.839. The number of amides is 1. The average Bonchev–Trinajstić information content (AvgIpc) is 2.54. The van der Waals surface area contributed by atoms with Crippen LogP contribution in [0, 0.1) is 0 Å². The highest BCUT2D eigenvalue weighted by molar-refractivity contribution is 5.79. The van der Waals surface area contributed by atoms with Crippen molar-refractivity contribution in [3.63, 3.8) is 0 Å². The molecule has 2 aromatic carbocycles. The lowest BCUT2D eigenvalue weighted by Gasteiger charge is -2.29. The maximum absolute atomic E-state index is 12.5. The Bertz CT molecular complexity index is 661. The molecular weight excluding hydrogens is 270 g/mol. The fraction of sp³-hybridized carbons (Fsp3) is 0.350. The first-order chi connectivity index (χ1) is 10.6. The van der Waals surface area contributed by atoms with Gasteiger partial charge in [-0.05, 0) is 34.6 Å². The largest absolute Gasteiger partial charge is 0.338 e. The van der Waals surface area contributed by atoms with Crippen molar-refractivity contribution < 1.29 is 4.79 Å². The van der Waals surface area contributed by atoms with Crippen molar-refractivity contribution in [1.82, 2.24) is 4.90 Å². The summed E-state index contributed by atoms with van der Waals surface area (Å²) in [6.45, 7) is 6.01. The molecule has 22 heavy (non-hydrogen) atoms. The second-order valence-electron chi connectivity index (χ2n) is 6.41. The number of fused-ring (bicyclic) bond motifs is 1. The van der Waals surface area contributed by atoms with Crippen molar-refractivity contribution in [2.75, 3.05) is 6.54 Å². The molecule has 1 aliphatic heterocycles. The molecular formula is C20H23NO. The van der Waals surface area contributed by atoms with Crippen LogP contribution in [0.15, 0.2) is 48.5 Å². The van der Waals surface area contributed by atoms with Gasteiger partial charge in [-0.3, -0.25) is 4.79 Å². The van der Waals surface area contributed by atoms with Crippen LogP contribution in [-0.2, 0) is 24.2 Å². The van der Waals surface area contributed by atoms with E-state index < -0.39 is 0 Å². The summed E-state index contributed by atoms with van der Waals surface area (Å²) in [7, 11) is 0. The van der Waals surface area contributed by atoms with E-state index in [4.69, 9.17) is 0 Å². The molecule has 2 aromatic rings. The number of nitrogens with zero attached hydrogens (tertiary/aromatic N) is 1. The first-order valence-corrected chi connectivity index (χ1v) is 8.07. The first-order valence-electron chi connectivity index (χ1n) is 8.07. The molecule has 0 aromatic heterocycles. The molecule has 114 valence electrons. The van der Waals surface area contributed by atoms with Gasteiger partial charge in [-0.25, -0.2) is 0 Å². The van der Waals surface area contributed by atoms with Gasteiger partial charge in [0.15, 0.2) is 0 Å². The lowest BCUT2D eigenvalue weighted by atomic mass is 9.93. The van der Waals surface area contributed by atoms with Crippen LogP contribution in [0.3, 0.4) is 0 Å². The fourth-order valence-electron chi connectivity index (χ4n) is 3.03. The summed E-state index contributed by atoms with van der Waals surface area (Å²) in [4.78, 5) is 14.5. The summed E-state index contributed by atoms with van der Waals surface area (Å²) in [6.07, 6.45) is 1.47. The van der Waals surface area contributed by atoms with Crippen molar-refractivity contribution in [2.45, 2.75) is 39.2 Å².